The summed E-state index contributed by atoms with van der Waals surface area (Å²) in [6.07, 6.45) is 1.36. The highest BCUT2D eigenvalue weighted by Crippen LogP contribution is 2.25. The van der Waals surface area contributed by atoms with Gasteiger partial charge in [-0.05, 0) is 43.3 Å². The quantitative estimate of drug-likeness (QED) is 0.672. The molecule has 2 aromatic carbocycles. The third-order valence-corrected chi connectivity index (χ3v) is 4.09. The van der Waals surface area contributed by atoms with Crippen LogP contribution in [0.15, 0.2) is 53.1 Å². The molecule has 3 rings (SSSR count). The van der Waals surface area contributed by atoms with Crippen molar-refractivity contribution < 1.29 is 28.2 Å². The molecule has 1 aromatic heterocycles. The molecule has 6 nitrogen and oxygen atoms in total. The van der Waals surface area contributed by atoms with Gasteiger partial charge in [-0.3, -0.25) is 9.59 Å². The summed E-state index contributed by atoms with van der Waals surface area (Å²) in [4.78, 5) is 25.8. The number of aromatic hydroxyl groups is 1. The molecule has 0 bridgehead atoms. The molecule has 140 valence electrons. The lowest BCUT2D eigenvalue weighted by Gasteiger charge is -2.20. The molecule has 0 aliphatic heterocycles. The van der Waals surface area contributed by atoms with Gasteiger partial charge in [-0.15, -0.1) is 0 Å². The lowest BCUT2D eigenvalue weighted by molar-refractivity contribution is -0.147. The van der Waals surface area contributed by atoms with Gasteiger partial charge in [-0.2, -0.15) is 0 Å². The summed E-state index contributed by atoms with van der Waals surface area (Å²) < 4.78 is 23.4. The number of ether oxygens (including phenoxy) is 1. The van der Waals surface area contributed by atoms with Crippen molar-refractivity contribution >= 4 is 28.5 Å². The van der Waals surface area contributed by atoms with Gasteiger partial charge in [0.25, 0.3) is 5.91 Å². The molecule has 0 fully saturated rings. The van der Waals surface area contributed by atoms with E-state index in [1.54, 1.807) is 13.0 Å². The smallest absolute Gasteiger partial charge is 0.310 e. The maximum Gasteiger partial charge on any atom is 0.310 e. The van der Waals surface area contributed by atoms with Crippen molar-refractivity contribution in [2.45, 2.75) is 13.3 Å². The number of phenols is 1. The number of hydrogen-bond donors (Lipinski definition) is 1. The van der Waals surface area contributed by atoms with Gasteiger partial charge in [-0.1, -0.05) is 0 Å². The summed E-state index contributed by atoms with van der Waals surface area (Å²) in [6.45, 7) is 1.72. The Morgan fingerprint density at radius 2 is 1.93 bits per heavy atom. The molecule has 0 atom stereocenters. The van der Waals surface area contributed by atoms with Crippen LogP contribution in [0.5, 0.6) is 5.75 Å². The second-order valence-corrected chi connectivity index (χ2v) is 5.89. The van der Waals surface area contributed by atoms with Crippen molar-refractivity contribution in [1.29, 1.82) is 0 Å². The van der Waals surface area contributed by atoms with Crippen LogP contribution in [0.2, 0.25) is 0 Å². The number of esters is 1. The number of halogens is 1. The first-order valence-electron chi connectivity index (χ1n) is 8.38. The van der Waals surface area contributed by atoms with Crippen LogP contribution < -0.4 is 4.90 Å². The minimum absolute atomic E-state index is 0.0618. The van der Waals surface area contributed by atoms with Gasteiger partial charge in [0.05, 0.1) is 12.7 Å². The number of anilines is 1. The van der Waals surface area contributed by atoms with E-state index >= 15 is 0 Å². The standard InChI is InChI=1S/C20H18FNO5/c1-2-22(15-5-3-14(21)4-6-15)19(24)12-27-20(25)9-13-11-26-18-10-16(23)7-8-17(13)18/h3-8,10-11,23H,2,9,12H2,1H3. The van der Waals surface area contributed by atoms with Gasteiger partial charge in [0, 0.05) is 29.2 Å². The molecule has 0 aliphatic rings. The maximum absolute atomic E-state index is 13.0. The van der Waals surface area contributed by atoms with Gasteiger partial charge in [-0.25, -0.2) is 4.39 Å². The first-order valence-corrected chi connectivity index (χ1v) is 8.38. The Balaban J connectivity index is 1.60. The first kappa shape index (κ1) is 18.4. The van der Waals surface area contributed by atoms with Crippen LogP contribution in [0.3, 0.4) is 0 Å². The molecular weight excluding hydrogens is 353 g/mol. The Bertz CT molecular complexity index is 964. The third-order valence-electron chi connectivity index (χ3n) is 4.09. The predicted molar refractivity (Wildman–Crippen MR) is 97.0 cm³/mol. The van der Waals surface area contributed by atoms with Crippen LogP contribution in [-0.2, 0) is 20.7 Å². The molecule has 0 spiro atoms. The van der Waals surface area contributed by atoms with Gasteiger partial charge in [0.1, 0.15) is 17.1 Å². The number of carbonyl (C=O) groups is 2. The van der Waals surface area contributed by atoms with E-state index in [9.17, 15) is 19.1 Å². The summed E-state index contributed by atoms with van der Waals surface area (Å²) in [5, 5.41) is 10.1. The third kappa shape index (κ3) is 4.25. The summed E-state index contributed by atoms with van der Waals surface area (Å²) >= 11 is 0. The molecule has 0 saturated carbocycles. The van der Waals surface area contributed by atoms with Crippen molar-refractivity contribution in [3.63, 3.8) is 0 Å². The molecular formula is C20H18FNO5. The molecule has 0 aliphatic carbocycles. The topological polar surface area (TPSA) is 80.0 Å². The average Bonchev–Trinajstić information content (AvgIpc) is 3.04. The van der Waals surface area contributed by atoms with Gasteiger partial charge >= 0.3 is 5.97 Å². The minimum Gasteiger partial charge on any atom is -0.508 e. The number of fused-ring (bicyclic) bond motifs is 1. The van der Waals surface area contributed by atoms with Crippen LogP contribution in [-0.4, -0.2) is 30.1 Å². The van der Waals surface area contributed by atoms with Gasteiger partial charge in [0.15, 0.2) is 6.61 Å². The largest absolute Gasteiger partial charge is 0.508 e. The molecule has 1 N–H and O–H groups in total. The normalized spacial score (nSPS) is 10.7. The number of carbonyl (C=O) groups excluding carboxylic acids is 2. The van der Waals surface area contributed by atoms with E-state index in [1.165, 1.54) is 47.6 Å². The SMILES string of the molecule is CCN(C(=O)COC(=O)Cc1coc2cc(O)ccc12)c1ccc(F)cc1. The molecule has 0 saturated heterocycles. The average molecular weight is 371 g/mol. The molecule has 27 heavy (non-hydrogen) atoms. The molecule has 0 radical (unpaired) electrons. The van der Waals surface area contributed by atoms with E-state index in [0.29, 0.717) is 28.8 Å². The van der Waals surface area contributed by atoms with Crippen molar-refractivity contribution in [3.05, 3.63) is 60.1 Å². The highest BCUT2D eigenvalue weighted by Gasteiger charge is 2.17. The van der Waals surface area contributed by atoms with Crippen molar-refractivity contribution in [2.75, 3.05) is 18.1 Å². The minimum atomic E-state index is -0.575. The maximum atomic E-state index is 13.0. The van der Waals surface area contributed by atoms with E-state index in [-0.39, 0.29) is 12.2 Å². The fourth-order valence-electron chi connectivity index (χ4n) is 2.76. The second kappa shape index (κ2) is 7.90. The number of likely N-dealkylation sites (N-methyl/N-ethyl adjacent to an activating group) is 1. The zero-order chi connectivity index (χ0) is 19.4. The Kier molecular flexibility index (Phi) is 5.40. The second-order valence-electron chi connectivity index (χ2n) is 5.89. The zero-order valence-corrected chi connectivity index (χ0v) is 14.6. The van der Waals surface area contributed by atoms with Crippen LogP contribution >= 0.6 is 0 Å². The number of nitrogens with zero attached hydrogens (tertiary/aromatic N) is 1. The van der Waals surface area contributed by atoms with E-state index < -0.39 is 24.3 Å². The van der Waals surface area contributed by atoms with E-state index in [2.05, 4.69) is 0 Å². The van der Waals surface area contributed by atoms with Crippen LogP contribution in [0.4, 0.5) is 10.1 Å². The van der Waals surface area contributed by atoms with E-state index in [1.807, 2.05) is 0 Å². The van der Waals surface area contributed by atoms with Crippen LogP contribution in [0.25, 0.3) is 11.0 Å². The first-order chi connectivity index (χ1) is 13.0. The number of hydrogen-bond acceptors (Lipinski definition) is 5. The van der Waals surface area contributed by atoms with Gasteiger partial charge < -0.3 is 19.2 Å². The van der Waals surface area contributed by atoms with Gasteiger partial charge in [0.2, 0.25) is 0 Å². The van der Waals surface area contributed by atoms with Crippen LogP contribution in [0.1, 0.15) is 12.5 Å². The molecule has 7 heteroatoms. The van der Waals surface area contributed by atoms with E-state index in [4.69, 9.17) is 9.15 Å². The predicted octanol–water partition coefficient (Wildman–Crippen LogP) is 3.42. The van der Waals surface area contributed by atoms with E-state index in [0.717, 1.165) is 0 Å². The van der Waals surface area contributed by atoms with Crippen molar-refractivity contribution in [1.82, 2.24) is 0 Å². The lowest BCUT2D eigenvalue weighted by atomic mass is 10.1. The fraction of sp³-hybridized carbons (Fsp3) is 0.200. The Morgan fingerprint density at radius 1 is 1.19 bits per heavy atom. The number of amides is 1. The van der Waals surface area contributed by atoms with Crippen LogP contribution in [0, 0.1) is 5.82 Å². The summed E-state index contributed by atoms with van der Waals surface area (Å²) in [5.41, 5.74) is 1.59. The summed E-state index contributed by atoms with van der Waals surface area (Å²) in [5.74, 6) is -1.31. The number of furan rings is 1. The molecule has 1 heterocycles. The highest BCUT2D eigenvalue weighted by molar-refractivity contribution is 5.95. The van der Waals surface area contributed by atoms with Crippen molar-refractivity contribution in [3.8, 4) is 5.75 Å². The monoisotopic (exact) mass is 371 g/mol. The highest BCUT2D eigenvalue weighted by atomic mass is 19.1. The Hall–Kier alpha value is -3.35. The summed E-state index contributed by atoms with van der Waals surface area (Å²) in [7, 11) is 0. The Morgan fingerprint density at radius 3 is 2.63 bits per heavy atom. The molecule has 1 amide bonds. The number of phenolic OH excluding ortho intramolecular Hbond substituents is 1. The van der Waals surface area contributed by atoms with Crippen molar-refractivity contribution in [2.24, 2.45) is 0 Å². The molecule has 0 unspecified atom stereocenters. The Labute approximate surface area is 154 Å². The number of benzene rings is 2. The fourth-order valence-corrected chi connectivity index (χ4v) is 2.76. The zero-order valence-electron chi connectivity index (χ0n) is 14.6. The lowest BCUT2D eigenvalue weighted by Crippen LogP contribution is -2.34. The summed E-state index contributed by atoms with van der Waals surface area (Å²) in [6, 6.07) is 10.1. The molecule has 3 aromatic rings. The number of rotatable bonds is 6.